The molecule has 46 heavy (non-hydrogen) atoms. The van der Waals surface area contributed by atoms with Crippen molar-refractivity contribution in [2.45, 2.75) is 82.8 Å². The number of carbonyl (C=O) groups excluding carboxylic acids is 3. The summed E-state index contributed by atoms with van der Waals surface area (Å²) in [5.74, 6) is 0.162. The Balaban J connectivity index is 1.37. The molecule has 2 aromatic rings. The van der Waals surface area contributed by atoms with E-state index >= 15 is 0 Å². The highest BCUT2D eigenvalue weighted by Gasteiger charge is 2.47. The van der Waals surface area contributed by atoms with E-state index < -0.39 is 23.6 Å². The van der Waals surface area contributed by atoms with Gasteiger partial charge in [0.1, 0.15) is 34.7 Å². The number of esters is 1. The fourth-order valence-corrected chi connectivity index (χ4v) is 8.00. The molecule has 3 aliphatic heterocycles. The number of fused-ring (bicyclic) bond motifs is 3. The molecule has 240 valence electrons. The quantitative estimate of drug-likeness (QED) is 0.362. The first-order chi connectivity index (χ1) is 22.2. The van der Waals surface area contributed by atoms with E-state index in [1.165, 1.54) is 0 Å². The topological polar surface area (TPSA) is 121 Å². The maximum Gasteiger partial charge on any atom is 0.375 e. The Labute approximate surface area is 267 Å². The van der Waals surface area contributed by atoms with Gasteiger partial charge in [-0.15, -0.1) is 0 Å². The highest BCUT2D eigenvalue weighted by molar-refractivity contribution is 6.10. The molecule has 7 rings (SSSR count). The van der Waals surface area contributed by atoms with E-state index in [0.717, 1.165) is 53.0 Å². The van der Waals surface area contributed by atoms with Crippen LogP contribution in [-0.4, -0.2) is 55.1 Å². The van der Waals surface area contributed by atoms with Crippen LogP contribution in [0.3, 0.4) is 0 Å². The van der Waals surface area contributed by atoms with Crippen LogP contribution >= 0.6 is 0 Å². The van der Waals surface area contributed by atoms with Gasteiger partial charge in [-0.05, 0) is 68.4 Å². The van der Waals surface area contributed by atoms with Crippen LogP contribution in [0.25, 0.3) is 11.6 Å². The van der Waals surface area contributed by atoms with E-state index in [1.807, 2.05) is 31.2 Å². The molecular formula is C37H39NO8. The number of carbonyl (C=O) groups is 3. The van der Waals surface area contributed by atoms with Crippen molar-refractivity contribution in [3.05, 3.63) is 68.4 Å². The van der Waals surface area contributed by atoms with Gasteiger partial charge in [-0.3, -0.25) is 14.6 Å². The molecule has 0 radical (unpaired) electrons. The van der Waals surface area contributed by atoms with Gasteiger partial charge in [0, 0.05) is 36.0 Å². The summed E-state index contributed by atoms with van der Waals surface area (Å²) in [6, 6.07) is 7.66. The predicted octanol–water partition coefficient (Wildman–Crippen LogP) is 4.05. The second-order valence-electron chi connectivity index (χ2n) is 13.0. The number of benzene rings is 2. The van der Waals surface area contributed by atoms with E-state index in [4.69, 9.17) is 18.9 Å². The Hall–Kier alpha value is -4.24. The number of methoxy groups -OCH3 is 1. The van der Waals surface area contributed by atoms with E-state index in [1.54, 1.807) is 20.1 Å². The Kier molecular flexibility index (Phi) is 7.83. The lowest BCUT2D eigenvalue weighted by atomic mass is 9.75. The number of aliphatic hydroxyl groups is 1. The minimum Gasteiger partial charge on any atom is -0.496 e. The molecule has 9 nitrogen and oxygen atoms in total. The smallest absolute Gasteiger partial charge is 0.375 e. The zero-order valence-corrected chi connectivity index (χ0v) is 26.5. The Bertz CT molecular complexity index is 1830. The normalized spacial score (nSPS) is 24.9. The van der Waals surface area contributed by atoms with Crippen molar-refractivity contribution >= 4 is 29.7 Å². The van der Waals surface area contributed by atoms with E-state index in [0.29, 0.717) is 60.5 Å². The molecule has 3 atom stereocenters. The summed E-state index contributed by atoms with van der Waals surface area (Å²) in [6.45, 7) is 4.26. The molecule has 0 saturated heterocycles. The Morgan fingerprint density at radius 3 is 2.70 bits per heavy atom. The summed E-state index contributed by atoms with van der Waals surface area (Å²) in [5, 5.41) is 13.6. The Morgan fingerprint density at radius 1 is 1.15 bits per heavy atom. The van der Waals surface area contributed by atoms with Crippen molar-refractivity contribution in [2.24, 2.45) is 10.9 Å². The molecule has 5 aliphatic rings. The second kappa shape index (κ2) is 11.8. The van der Waals surface area contributed by atoms with Crippen LogP contribution in [0.4, 0.5) is 0 Å². The van der Waals surface area contributed by atoms with Gasteiger partial charge in [-0.2, -0.15) is 0 Å². The fourth-order valence-electron chi connectivity index (χ4n) is 8.00. The largest absolute Gasteiger partial charge is 0.496 e. The number of nitrogens with zero attached hydrogens (tertiary/aromatic N) is 1. The maximum absolute atomic E-state index is 13.4. The fraction of sp³-hybridized carbons (Fsp3) is 0.459. The molecule has 1 N–H and O–H groups in total. The number of Topliss-reactive ketones (excluding diaryl/α,β-unsaturated/α-hetero) is 1. The summed E-state index contributed by atoms with van der Waals surface area (Å²) >= 11 is 0. The number of hydrogen-bond acceptors (Lipinski definition) is 9. The molecule has 0 spiro atoms. The standard InChI is InChI=1S/C37H39NO8/c1-4-44-36(41)35-26(19-39)32(22-10-12-28(40)24(16-22)20-9-11-27-21(15-20)13-14-38-27)33-30(46-35)18-29-25(34(33)43-3)17-31(45-29)37(2,42)23-7-5-6-8-23/h9,11,13,15,18-19,23-24,31,42H,4-8,10,12,14,16-17H2,1-3H3. The van der Waals surface area contributed by atoms with E-state index in [-0.39, 0.29) is 36.1 Å². The number of rotatable bonds is 7. The van der Waals surface area contributed by atoms with Crippen molar-refractivity contribution in [2.75, 3.05) is 20.3 Å². The van der Waals surface area contributed by atoms with Crippen LogP contribution in [0.5, 0.6) is 17.2 Å². The van der Waals surface area contributed by atoms with Crippen molar-refractivity contribution in [3.8, 4) is 17.2 Å². The van der Waals surface area contributed by atoms with Crippen molar-refractivity contribution < 1.29 is 38.4 Å². The van der Waals surface area contributed by atoms with Gasteiger partial charge in [-0.1, -0.05) is 30.6 Å². The highest BCUT2D eigenvalue weighted by atomic mass is 16.6. The third-order valence-electron chi connectivity index (χ3n) is 10.5. The molecule has 0 amide bonds. The van der Waals surface area contributed by atoms with Gasteiger partial charge in [0.2, 0.25) is 5.76 Å². The molecule has 3 unspecified atom stereocenters. The Morgan fingerprint density at radius 2 is 1.96 bits per heavy atom. The monoisotopic (exact) mass is 625 g/mol. The lowest BCUT2D eigenvalue weighted by molar-refractivity contribution is -0.141. The molecule has 2 aromatic carbocycles. The van der Waals surface area contributed by atoms with E-state index in [2.05, 4.69) is 4.99 Å². The third kappa shape index (κ3) is 4.96. The van der Waals surface area contributed by atoms with Gasteiger partial charge in [0.05, 0.1) is 36.8 Å². The first-order valence-corrected chi connectivity index (χ1v) is 16.3. The maximum atomic E-state index is 13.4. The summed E-state index contributed by atoms with van der Waals surface area (Å²) in [7, 11) is 1.56. The van der Waals surface area contributed by atoms with E-state index in [9.17, 15) is 19.5 Å². The van der Waals surface area contributed by atoms with Gasteiger partial charge in [0.15, 0.2) is 6.29 Å². The number of ketones is 1. The molecule has 3 heterocycles. The molecule has 2 aliphatic carbocycles. The SMILES string of the molecule is CCOC(=O)C1=C(C=O)C(=C2CCC(=O)C(c3ccc4c(c3)=CCN=4)C2)c2c(cc3c(c2OC)CC(C(C)(O)C2CCCC2)O3)O1. The van der Waals surface area contributed by atoms with Crippen molar-refractivity contribution in [1.29, 1.82) is 0 Å². The van der Waals surface area contributed by atoms with Gasteiger partial charge < -0.3 is 24.1 Å². The summed E-state index contributed by atoms with van der Waals surface area (Å²) in [4.78, 5) is 44.0. The van der Waals surface area contributed by atoms with Crippen LogP contribution in [0.15, 0.2) is 46.2 Å². The third-order valence-corrected chi connectivity index (χ3v) is 10.5. The lowest BCUT2D eigenvalue weighted by Crippen LogP contribution is -2.47. The molecule has 2 fully saturated rings. The van der Waals surface area contributed by atoms with Crippen LogP contribution in [0.2, 0.25) is 0 Å². The number of aldehydes is 1. The number of allylic oxidation sites excluding steroid dienone is 3. The minimum absolute atomic E-state index is 0.0711. The number of ether oxygens (including phenoxy) is 4. The average Bonchev–Trinajstić information content (AvgIpc) is 3.84. The summed E-state index contributed by atoms with van der Waals surface area (Å²) in [6.07, 6.45) is 7.73. The molecular weight excluding hydrogens is 586 g/mol. The first kappa shape index (κ1) is 30.4. The van der Waals surface area contributed by atoms with Gasteiger partial charge in [-0.25, -0.2) is 4.79 Å². The minimum atomic E-state index is -1.05. The first-order valence-electron chi connectivity index (χ1n) is 16.3. The summed E-state index contributed by atoms with van der Waals surface area (Å²) in [5.41, 5.74) is 2.63. The zero-order valence-electron chi connectivity index (χ0n) is 26.5. The van der Waals surface area contributed by atoms with Gasteiger partial charge in [0.25, 0.3) is 0 Å². The molecule has 9 heteroatoms. The summed E-state index contributed by atoms with van der Waals surface area (Å²) < 4.78 is 24.0. The lowest BCUT2D eigenvalue weighted by Gasteiger charge is -2.35. The average molecular weight is 626 g/mol. The van der Waals surface area contributed by atoms with Crippen LogP contribution in [-0.2, 0) is 25.5 Å². The van der Waals surface area contributed by atoms with Crippen LogP contribution in [0.1, 0.15) is 81.4 Å². The van der Waals surface area contributed by atoms with Crippen molar-refractivity contribution in [3.63, 3.8) is 0 Å². The zero-order chi connectivity index (χ0) is 32.2. The predicted molar refractivity (Wildman–Crippen MR) is 169 cm³/mol. The van der Waals surface area contributed by atoms with Crippen LogP contribution in [0, 0.1) is 5.92 Å². The molecule has 0 aromatic heterocycles. The molecule has 2 saturated carbocycles. The van der Waals surface area contributed by atoms with Crippen molar-refractivity contribution in [1.82, 2.24) is 0 Å². The van der Waals surface area contributed by atoms with Gasteiger partial charge >= 0.3 is 5.97 Å². The second-order valence-corrected chi connectivity index (χ2v) is 13.0. The molecule has 0 bridgehead atoms. The number of hydrogen-bond donors (Lipinski definition) is 1. The van der Waals surface area contributed by atoms with Crippen LogP contribution < -0.4 is 24.8 Å². The highest BCUT2D eigenvalue weighted by Crippen LogP contribution is 2.54.